The molecule has 0 saturated heterocycles. The third-order valence-electron chi connectivity index (χ3n) is 2.01. The predicted molar refractivity (Wildman–Crippen MR) is 73.0 cm³/mol. The topological polar surface area (TPSA) is 0 Å². The van der Waals surface area contributed by atoms with Gasteiger partial charge < -0.3 is 0 Å². The lowest BCUT2D eigenvalue weighted by molar-refractivity contribution is 0.945. The SMILES string of the molecule is CC(C)=Cc1cccc(CCCI)c1. The van der Waals surface area contributed by atoms with Crippen LogP contribution < -0.4 is 0 Å². The van der Waals surface area contributed by atoms with Crippen LogP contribution in [0.1, 0.15) is 31.4 Å². The molecule has 0 nitrogen and oxygen atoms in total. The van der Waals surface area contributed by atoms with Crippen LogP contribution in [0.4, 0.5) is 0 Å². The molecule has 0 heterocycles. The van der Waals surface area contributed by atoms with E-state index in [1.54, 1.807) is 0 Å². The van der Waals surface area contributed by atoms with Crippen LogP contribution >= 0.6 is 22.6 Å². The Morgan fingerprint density at radius 2 is 2.14 bits per heavy atom. The van der Waals surface area contributed by atoms with Gasteiger partial charge in [-0.05, 0) is 42.2 Å². The van der Waals surface area contributed by atoms with Gasteiger partial charge in [0.05, 0.1) is 0 Å². The zero-order chi connectivity index (χ0) is 10.4. The van der Waals surface area contributed by atoms with Gasteiger partial charge in [-0.25, -0.2) is 0 Å². The normalized spacial score (nSPS) is 9.93. The third-order valence-corrected chi connectivity index (χ3v) is 2.77. The van der Waals surface area contributed by atoms with Gasteiger partial charge in [-0.1, -0.05) is 58.5 Å². The van der Waals surface area contributed by atoms with Gasteiger partial charge in [0.2, 0.25) is 0 Å². The first-order valence-corrected chi connectivity index (χ1v) is 6.55. The Morgan fingerprint density at radius 1 is 1.36 bits per heavy atom. The molecule has 0 saturated carbocycles. The van der Waals surface area contributed by atoms with Gasteiger partial charge in [-0.15, -0.1) is 0 Å². The number of halogens is 1. The van der Waals surface area contributed by atoms with E-state index in [9.17, 15) is 0 Å². The number of alkyl halides is 1. The van der Waals surface area contributed by atoms with Gasteiger partial charge in [0, 0.05) is 0 Å². The maximum absolute atomic E-state index is 2.43. The molecular formula is C13H17I. The lowest BCUT2D eigenvalue weighted by atomic mass is 10.1. The molecule has 0 unspecified atom stereocenters. The number of allylic oxidation sites excluding steroid dienone is 1. The molecule has 1 aromatic carbocycles. The largest absolute Gasteiger partial charge is 0.0864 e. The Kier molecular flexibility index (Phi) is 5.23. The summed E-state index contributed by atoms with van der Waals surface area (Å²) in [6.07, 6.45) is 4.71. The summed E-state index contributed by atoms with van der Waals surface area (Å²) in [6, 6.07) is 8.83. The Labute approximate surface area is 101 Å². The van der Waals surface area contributed by atoms with E-state index in [0.29, 0.717) is 0 Å². The average Bonchev–Trinajstić information content (AvgIpc) is 2.14. The van der Waals surface area contributed by atoms with Gasteiger partial charge in [-0.2, -0.15) is 0 Å². The molecule has 0 N–H and O–H groups in total. The molecule has 1 aromatic rings. The van der Waals surface area contributed by atoms with Gasteiger partial charge >= 0.3 is 0 Å². The van der Waals surface area contributed by atoms with Crippen LogP contribution in [0.15, 0.2) is 29.8 Å². The Balaban J connectivity index is 2.74. The van der Waals surface area contributed by atoms with Crippen molar-refractivity contribution in [2.75, 3.05) is 4.43 Å². The van der Waals surface area contributed by atoms with Gasteiger partial charge in [0.1, 0.15) is 0 Å². The third kappa shape index (κ3) is 4.27. The van der Waals surface area contributed by atoms with E-state index in [1.165, 1.54) is 34.0 Å². The average molecular weight is 300 g/mol. The number of hydrogen-bond acceptors (Lipinski definition) is 0. The highest BCUT2D eigenvalue weighted by Gasteiger charge is 1.93. The van der Waals surface area contributed by atoms with Gasteiger partial charge in [-0.3, -0.25) is 0 Å². The van der Waals surface area contributed by atoms with Crippen molar-refractivity contribution in [2.24, 2.45) is 0 Å². The first kappa shape index (κ1) is 11.8. The maximum Gasteiger partial charge on any atom is -0.000156 e. The van der Waals surface area contributed by atoms with Crippen LogP contribution in [0.5, 0.6) is 0 Å². The zero-order valence-corrected chi connectivity index (χ0v) is 11.0. The van der Waals surface area contributed by atoms with E-state index in [-0.39, 0.29) is 0 Å². The molecule has 76 valence electrons. The minimum Gasteiger partial charge on any atom is -0.0864 e. The second-order valence-corrected chi connectivity index (χ2v) is 4.84. The zero-order valence-electron chi connectivity index (χ0n) is 8.89. The van der Waals surface area contributed by atoms with E-state index < -0.39 is 0 Å². The van der Waals surface area contributed by atoms with E-state index in [2.05, 4.69) is 66.8 Å². The quantitative estimate of drug-likeness (QED) is 0.568. The lowest BCUT2D eigenvalue weighted by Gasteiger charge is -2.01. The maximum atomic E-state index is 2.43. The van der Waals surface area contributed by atoms with Crippen LogP contribution in [-0.4, -0.2) is 4.43 Å². The summed E-state index contributed by atoms with van der Waals surface area (Å²) in [5.74, 6) is 0. The van der Waals surface area contributed by atoms with E-state index >= 15 is 0 Å². The molecular weight excluding hydrogens is 283 g/mol. The monoisotopic (exact) mass is 300 g/mol. The van der Waals surface area contributed by atoms with E-state index in [4.69, 9.17) is 0 Å². The second-order valence-electron chi connectivity index (χ2n) is 3.76. The highest BCUT2D eigenvalue weighted by Crippen LogP contribution is 2.11. The first-order valence-electron chi connectivity index (χ1n) is 5.02. The minimum atomic E-state index is 1.20. The Morgan fingerprint density at radius 3 is 2.79 bits per heavy atom. The highest BCUT2D eigenvalue weighted by molar-refractivity contribution is 14.1. The van der Waals surface area contributed by atoms with Gasteiger partial charge in [0.15, 0.2) is 0 Å². The predicted octanol–water partition coefficient (Wildman–Crippen LogP) is 4.48. The molecule has 1 heteroatoms. The van der Waals surface area contributed by atoms with Crippen molar-refractivity contribution in [3.63, 3.8) is 0 Å². The molecule has 0 bridgehead atoms. The summed E-state index contributed by atoms with van der Waals surface area (Å²) in [5, 5.41) is 0. The van der Waals surface area contributed by atoms with Crippen molar-refractivity contribution < 1.29 is 0 Å². The molecule has 0 fully saturated rings. The fraction of sp³-hybridized carbons (Fsp3) is 0.385. The summed E-state index contributed by atoms with van der Waals surface area (Å²) in [6.45, 7) is 4.27. The van der Waals surface area contributed by atoms with Crippen molar-refractivity contribution >= 4 is 28.7 Å². The number of benzene rings is 1. The van der Waals surface area contributed by atoms with Crippen molar-refractivity contribution in [2.45, 2.75) is 26.7 Å². The summed E-state index contributed by atoms with van der Waals surface area (Å²) in [4.78, 5) is 0. The number of rotatable bonds is 4. The smallest absolute Gasteiger partial charge is 0.000156 e. The molecule has 0 spiro atoms. The first-order chi connectivity index (χ1) is 6.72. The molecule has 0 aliphatic carbocycles. The molecule has 0 aliphatic heterocycles. The summed E-state index contributed by atoms with van der Waals surface area (Å²) >= 11 is 2.43. The Bertz CT molecular complexity index is 309. The van der Waals surface area contributed by atoms with E-state index in [0.717, 1.165) is 0 Å². The molecule has 14 heavy (non-hydrogen) atoms. The van der Waals surface area contributed by atoms with Crippen molar-refractivity contribution in [1.82, 2.24) is 0 Å². The number of hydrogen-bond donors (Lipinski definition) is 0. The summed E-state index contributed by atoms with van der Waals surface area (Å²) < 4.78 is 1.24. The Hall–Kier alpha value is -0.310. The minimum absolute atomic E-state index is 1.20. The highest BCUT2D eigenvalue weighted by atomic mass is 127. The van der Waals surface area contributed by atoms with Gasteiger partial charge in [0.25, 0.3) is 0 Å². The van der Waals surface area contributed by atoms with Crippen molar-refractivity contribution in [3.8, 4) is 0 Å². The van der Waals surface area contributed by atoms with Crippen LogP contribution in [0, 0.1) is 0 Å². The van der Waals surface area contributed by atoms with Crippen LogP contribution in [0.3, 0.4) is 0 Å². The van der Waals surface area contributed by atoms with Crippen LogP contribution in [-0.2, 0) is 6.42 Å². The van der Waals surface area contributed by atoms with Crippen LogP contribution in [0.2, 0.25) is 0 Å². The van der Waals surface area contributed by atoms with E-state index in [1.807, 2.05) is 0 Å². The molecule has 0 atom stereocenters. The second kappa shape index (κ2) is 6.23. The van der Waals surface area contributed by atoms with Crippen LogP contribution in [0.25, 0.3) is 6.08 Å². The van der Waals surface area contributed by atoms with Crippen molar-refractivity contribution in [1.29, 1.82) is 0 Å². The fourth-order valence-electron chi connectivity index (χ4n) is 1.44. The standard InChI is InChI=1S/C13H17I/c1-11(2)9-13-6-3-5-12(10-13)7-4-8-14/h3,5-6,9-10H,4,7-8H2,1-2H3. The summed E-state index contributed by atoms with van der Waals surface area (Å²) in [5.41, 5.74) is 4.14. The molecule has 0 radical (unpaired) electrons. The number of aryl methyl sites for hydroxylation is 1. The molecule has 0 amide bonds. The molecule has 0 aliphatic rings. The van der Waals surface area contributed by atoms with Crippen molar-refractivity contribution in [3.05, 3.63) is 41.0 Å². The summed E-state index contributed by atoms with van der Waals surface area (Å²) in [7, 11) is 0. The fourth-order valence-corrected chi connectivity index (χ4v) is 1.82. The molecule has 0 aromatic heterocycles. The lowest BCUT2D eigenvalue weighted by Crippen LogP contribution is -1.86. The molecule has 1 rings (SSSR count).